The highest BCUT2D eigenvalue weighted by Crippen LogP contribution is 2.26. The summed E-state index contributed by atoms with van der Waals surface area (Å²) in [7, 11) is 0. The van der Waals surface area contributed by atoms with Crippen molar-refractivity contribution in [2.45, 2.75) is 17.9 Å². The second-order valence-corrected chi connectivity index (χ2v) is 6.15. The van der Waals surface area contributed by atoms with Gasteiger partial charge in [-0.3, -0.25) is 4.79 Å². The molecule has 1 unspecified atom stereocenters. The molecule has 1 aromatic heterocycles. The van der Waals surface area contributed by atoms with E-state index >= 15 is 0 Å². The minimum absolute atomic E-state index is 0.0503. The normalized spacial score (nSPS) is 12.2. The molecule has 1 N–H and O–H groups in total. The lowest BCUT2D eigenvalue weighted by molar-refractivity contribution is 0.0940. The van der Waals surface area contributed by atoms with Crippen LogP contribution in [0.5, 0.6) is 0 Å². The number of amides is 1. The quantitative estimate of drug-likeness (QED) is 0.818. The summed E-state index contributed by atoms with van der Waals surface area (Å²) in [5.41, 5.74) is 0.627. The van der Waals surface area contributed by atoms with Crippen molar-refractivity contribution >= 4 is 41.5 Å². The maximum atomic E-state index is 12.0. The van der Waals surface area contributed by atoms with Crippen molar-refractivity contribution < 1.29 is 4.79 Å². The molecule has 0 saturated heterocycles. The molecule has 0 saturated carbocycles. The zero-order chi connectivity index (χ0) is 13.1. The second kappa shape index (κ2) is 5.78. The number of hydrogen-bond donors (Lipinski definition) is 2. The molecule has 0 aliphatic heterocycles. The SMILES string of the molecule is CC(NC(=O)c1ccc(S)cc1)c1ccc(Cl)s1. The number of thiol groups is 1. The average molecular weight is 298 g/mol. The first-order valence-corrected chi connectivity index (χ1v) is 7.05. The molecule has 2 rings (SSSR count). The smallest absolute Gasteiger partial charge is 0.251 e. The van der Waals surface area contributed by atoms with E-state index in [1.807, 2.05) is 19.1 Å². The van der Waals surface area contributed by atoms with Crippen LogP contribution in [0.15, 0.2) is 41.3 Å². The summed E-state index contributed by atoms with van der Waals surface area (Å²) < 4.78 is 0.727. The highest BCUT2D eigenvalue weighted by molar-refractivity contribution is 7.80. The number of nitrogens with one attached hydrogen (secondary N) is 1. The van der Waals surface area contributed by atoms with Crippen molar-refractivity contribution in [3.63, 3.8) is 0 Å². The van der Waals surface area contributed by atoms with Gasteiger partial charge < -0.3 is 5.32 Å². The zero-order valence-electron chi connectivity index (χ0n) is 9.68. The Hall–Kier alpha value is -0.970. The second-order valence-electron chi connectivity index (χ2n) is 3.88. The molecule has 94 valence electrons. The number of thiophene rings is 1. The van der Waals surface area contributed by atoms with E-state index in [1.54, 1.807) is 24.3 Å². The van der Waals surface area contributed by atoms with Crippen molar-refractivity contribution in [2.24, 2.45) is 0 Å². The van der Waals surface area contributed by atoms with Crippen molar-refractivity contribution in [2.75, 3.05) is 0 Å². The van der Waals surface area contributed by atoms with E-state index in [1.165, 1.54) is 11.3 Å². The van der Waals surface area contributed by atoms with Crippen LogP contribution >= 0.6 is 35.6 Å². The monoisotopic (exact) mass is 297 g/mol. The molecule has 0 bridgehead atoms. The van der Waals surface area contributed by atoms with Gasteiger partial charge in [-0.2, -0.15) is 0 Å². The van der Waals surface area contributed by atoms with E-state index in [-0.39, 0.29) is 11.9 Å². The molecule has 2 nitrogen and oxygen atoms in total. The van der Waals surface area contributed by atoms with Gasteiger partial charge in [0.15, 0.2) is 0 Å². The topological polar surface area (TPSA) is 29.1 Å². The van der Waals surface area contributed by atoms with Crippen LogP contribution in [0.2, 0.25) is 4.34 Å². The molecular formula is C13H12ClNOS2. The molecule has 0 aliphatic rings. The minimum atomic E-state index is -0.0969. The summed E-state index contributed by atoms with van der Waals surface area (Å²) in [5.74, 6) is -0.0969. The number of hydrogen-bond acceptors (Lipinski definition) is 3. The Kier molecular flexibility index (Phi) is 4.32. The Balaban J connectivity index is 2.05. The molecular weight excluding hydrogens is 286 g/mol. The third-order valence-corrected chi connectivity index (χ3v) is 4.21. The van der Waals surface area contributed by atoms with Crippen LogP contribution in [-0.2, 0) is 0 Å². The van der Waals surface area contributed by atoms with E-state index in [0.29, 0.717) is 5.56 Å². The van der Waals surface area contributed by atoms with Crippen LogP contribution in [-0.4, -0.2) is 5.91 Å². The van der Waals surface area contributed by atoms with E-state index in [0.717, 1.165) is 14.1 Å². The molecule has 1 amide bonds. The minimum Gasteiger partial charge on any atom is -0.345 e. The van der Waals surface area contributed by atoms with Gasteiger partial charge in [-0.25, -0.2) is 0 Å². The van der Waals surface area contributed by atoms with Crippen molar-refractivity contribution in [1.29, 1.82) is 0 Å². The third-order valence-electron chi connectivity index (χ3n) is 2.50. The highest BCUT2D eigenvalue weighted by atomic mass is 35.5. The van der Waals surface area contributed by atoms with E-state index in [9.17, 15) is 4.79 Å². The fraction of sp³-hybridized carbons (Fsp3) is 0.154. The molecule has 1 heterocycles. The van der Waals surface area contributed by atoms with E-state index < -0.39 is 0 Å². The van der Waals surface area contributed by atoms with Gasteiger partial charge >= 0.3 is 0 Å². The Bertz CT molecular complexity index is 550. The first-order valence-electron chi connectivity index (χ1n) is 5.41. The Morgan fingerprint density at radius 2 is 1.94 bits per heavy atom. The number of halogens is 1. The van der Waals surface area contributed by atoms with Crippen molar-refractivity contribution in [3.8, 4) is 0 Å². The highest BCUT2D eigenvalue weighted by Gasteiger charge is 2.12. The number of rotatable bonds is 3. The number of carbonyl (C=O) groups is 1. The standard InChI is InChI=1S/C13H12ClNOS2/c1-8(11-6-7-12(14)18-11)15-13(16)9-2-4-10(17)5-3-9/h2-8,17H,1H3,(H,15,16). The first-order chi connectivity index (χ1) is 8.56. The van der Waals surface area contributed by atoms with Crippen LogP contribution in [0.1, 0.15) is 28.2 Å². The maximum Gasteiger partial charge on any atom is 0.251 e. The lowest BCUT2D eigenvalue weighted by Gasteiger charge is -2.12. The van der Waals surface area contributed by atoms with Crippen LogP contribution in [0.4, 0.5) is 0 Å². The van der Waals surface area contributed by atoms with Gasteiger partial charge in [-0.1, -0.05) is 11.6 Å². The van der Waals surface area contributed by atoms with E-state index in [4.69, 9.17) is 11.6 Å². The lowest BCUT2D eigenvalue weighted by atomic mass is 10.2. The van der Waals surface area contributed by atoms with Gasteiger partial charge in [-0.15, -0.1) is 24.0 Å². The summed E-state index contributed by atoms with van der Waals surface area (Å²) in [6.45, 7) is 1.94. The lowest BCUT2D eigenvalue weighted by Crippen LogP contribution is -2.25. The summed E-state index contributed by atoms with van der Waals surface area (Å²) in [6, 6.07) is 10.8. The molecule has 0 aliphatic carbocycles. The predicted octanol–water partition coefficient (Wildman–Crippen LogP) is 4.18. The van der Waals surface area contributed by atoms with Crippen molar-refractivity contribution in [1.82, 2.24) is 5.32 Å². The summed E-state index contributed by atoms with van der Waals surface area (Å²) in [4.78, 5) is 13.9. The van der Waals surface area contributed by atoms with E-state index in [2.05, 4.69) is 17.9 Å². The molecule has 0 fully saturated rings. The summed E-state index contributed by atoms with van der Waals surface area (Å²) in [5, 5.41) is 2.93. The first kappa shape index (κ1) is 13.5. The molecule has 0 radical (unpaired) electrons. The van der Waals surface area contributed by atoms with Gasteiger partial charge in [0.25, 0.3) is 5.91 Å². The average Bonchev–Trinajstić information content (AvgIpc) is 2.76. The summed E-state index contributed by atoms with van der Waals surface area (Å²) >= 11 is 11.5. The number of benzene rings is 1. The molecule has 1 atom stereocenters. The van der Waals surface area contributed by atoms with Gasteiger partial charge in [0.05, 0.1) is 10.4 Å². The van der Waals surface area contributed by atoms with Crippen molar-refractivity contribution in [3.05, 3.63) is 51.2 Å². The van der Waals surface area contributed by atoms with Crippen LogP contribution < -0.4 is 5.32 Å². The van der Waals surface area contributed by atoms with Gasteiger partial charge in [0.2, 0.25) is 0 Å². The molecule has 2 aromatic rings. The Morgan fingerprint density at radius 1 is 1.28 bits per heavy atom. The Morgan fingerprint density at radius 3 is 2.50 bits per heavy atom. The van der Waals surface area contributed by atoms with Crippen LogP contribution in [0, 0.1) is 0 Å². The van der Waals surface area contributed by atoms with Crippen LogP contribution in [0.3, 0.4) is 0 Å². The maximum absolute atomic E-state index is 12.0. The largest absolute Gasteiger partial charge is 0.345 e. The van der Waals surface area contributed by atoms with Gasteiger partial charge in [0, 0.05) is 15.3 Å². The molecule has 1 aromatic carbocycles. The number of carbonyl (C=O) groups excluding carboxylic acids is 1. The Labute approximate surface area is 120 Å². The molecule has 18 heavy (non-hydrogen) atoms. The zero-order valence-corrected chi connectivity index (χ0v) is 12.1. The fourth-order valence-electron chi connectivity index (χ4n) is 1.52. The predicted molar refractivity (Wildman–Crippen MR) is 78.9 cm³/mol. The third kappa shape index (κ3) is 3.28. The summed E-state index contributed by atoms with van der Waals surface area (Å²) in [6.07, 6.45) is 0. The van der Waals surface area contributed by atoms with Gasteiger partial charge in [-0.05, 0) is 43.3 Å². The molecule has 0 spiro atoms. The van der Waals surface area contributed by atoms with Gasteiger partial charge in [0.1, 0.15) is 0 Å². The molecule has 5 heteroatoms. The fourth-order valence-corrected chi connectivity index (χ4v) is 2.74. The van der Waals surface area contributed by atoms with Crippen LogP contribution in [0.25, 0.3) is 0 Å².